The van der Waals surface area contributed by atoms with Gasteiger partial charge in [-0.2, -0.15) is 0 Å². The molecule has 0 fully saturated rings. The number of carbonyl (C=O) groups is 1. The second kappa shape index (κ2) is 5.19. The van der Waals surface area contributed by atoms with E-state index >= 15 is 0 Å². The van der Waals surface area contributed by atoms with Crippen molar-refractivity contribution in [2.24, 2.45) is 0 Å². The molecule has 0 saturated heterocycles. The Balaban J connectivity index is 2.61. The fourth-order valence-corrected chi connectivity index (χ4v) is 1.06. The highest BCUT2D eigenvalue weighted by atomic mass is 16.3. The van der Waals surface area contributed by atoms with E-state index in [2.05, 4.69) is 11.9 Å². The summed E-state index contributed by atoms with van der Waals surface area (Å²) in [5.74, 6) is -0.406. The Morgan fingerprint density at radius 3 is 2.71 bits per heavy atom. The van der Waals surface area contributed by atoms with Gasteiger partial charge in [-0.1, -0.05) is 36.4 Å². The van der Waals surface area contributed by atoms with Crippen LogP contribution in [0.3, 0.4) is 0 Å². The van der Waals surface area contributed by atoms with E-state index in [0.29, 0.717) is 12.1 Å². The van der Waals surface area contributed by atoms with Crippen LogP contribution in [-0.4, -0.2) is 17.6 Å². The molecule has 3 nitrogen and oxygen atoms in total. The molecule has 1 amide bonds. The van der Waals surface area contributed by atoms with Crippen LogP contribution in [0, 0.1) is 0 Å². The van der Waals surface area contributed by atoms with E-state index in [1.807, 2.05) is 6.07 Å². The normalized spacial score (nSPS) is 11.8. The van der Waals surface area contributed by atoms with Gasteiger partial charge in [-0.25, -0.2) is 0 Å². The quantitative estimate of drug-likeness (QED) is 0.698. The maximum absolute atomic E-state index is 11.3. The Morgan fingerprint density at radius 2 is 2.14 bits per heavy atom. The highest BCUT2D eigenvalue weighted by Crippen LogP contribution is 2.11. The van der Waals surface area contributed by atoms with E-state index < -0.39 is 12.0 Å². The predicted octanol–water partition coefficient (Wildman–Crippen LogP) is 1.02. The predicted molar refractivity (Wildman–Crippen MR) is 54.6 cm³/mol. The molecule has 1 atom stereocenters. The van der Waals surface area contributed by atoms with Crippen LogP contribution in [0.1, 0.15) is 11.7 Å². The molecule has 0 unspecified atom stereocenters. The minimum atomic E-state index is -1.10. The Bertz CT molecular complexity index is 308. The lowest BCUT2D eigenvalue weighted by Gasteiger charge is -2.09. The van der Waals surface area contributed by atoms with Crippen LogP contribution in [0.15, 0.2) is 43.0 Å². The summed E-state index contributed by atoms with van der Waals surface area (Å²) in [4.78, 5) is 11.3. The van der Waals surface area contributed by atoms with E-state index in [-0.39, 0.29) is 0 Å². The maximum Gasteiger partial charge on any atom is 0.253 e. The van der Waals surface area contributed by atoms with Crippen molar-refractivity contribution in [3.05, 3.63) is 48.6 Å². The van der Waals surface area contributed by atoms with Crippen LogP contribution in [0.25, 0.3) is 0 Å². The van der Waals surface area contributed by atoms with Crippen LogP contribution >= 0.6 is 0 Å². The van der Waals surface area contributed by atoms with E-state index in [0.717, 1.165) is 0 Å². The zero-order valence-electron chi connectivity index (χ0n) is 7.81. The molecule has 1 aromatic carbocycles. The largest absolute Gasteiger partial charge is 0.378 e. The van der Waals surface area contributed by atoms with Gasteiger partial charge in [0, 0.05) is 6.54 Å². The van der Waals surface area contributed by atoms with Crippen molar-refractivity contribution < 1.29 is 9.90 Å². The molecular formula is C11H13NO2. The number of benzene rings is 1. The molecule has 74 valence electrons. The molecule has 1 aromatic rings. The fraction of sp³-hybridized carbons (Fsp3) is 0.182. The molecule has 0 bridgehead atoms. The Kier molecular flexibility index (Phi) is 3.88. The number of amides is 1. The lowest BCUT2D eigenvalue weighted by Crippen LogP contribution is -2.29. The molecule has 1 rings (SSSR count). The monoisotopic (exact) mass is 191 g/mol. The number of hydrogen-bond donors (Lipinski definition) is 2. The molecule has 0 radical (unpaired) electrons. The highest BCUT2D eigenvalue weighted by Gasteiger charge is 2.15. The molecule has 3 heteroatoms. The molecular weight excluding hydrogens is 178 g/mol. The Labute approximate surface area is 83.1 Å². The lowest BCUT2D eigenvalue weighted by molar-refractivity contribution is -0.129. The van der Waals surface area contributed by atoms with Crippen molar-refractivity contribution in [1.82, 2.24) is 5.32 Å². The SMILES string of the molecule is C=CCNC(=O)[C@@H](O)c1ccccc1. The minimum absolute atomic E-state index is 0.364. The highest BCUT2D eigenvalue weighted by molar-refractivity contribution is 5.81. The van der Waals surface area contributed by atoms with Gasteiger partial charge in [0.25, 0.3) is 5.91 Å². The van der Waals surface area contributed by atoms with Crippen LogP contribution < -0.4 is 5.32 Å². The number of nitrogens with one attached hydrogen (secondary N) is 1. The smallest absolute Gasteiger partial charge is 0.253 e. The number of rotatable bonds is 4. The Hall–Kier alpha value is -1.61. The van der Waals surface area contributed by atoms with Gasteiger partial charge in [0.2, 0.25) is 0 Å². The van der Waals surface area contributed by atoms with E-state index in [1.165, 1.54) is 0 Å². The average Bonchev–Trinajstić information content (AvgIpc) is 2.26. The van der Waals surface area contributed by atoms with Gasteiger partial charge in [-0.3, -0.25) is 4.79 Å². The summed E-state index contributed by atoms with van der Waals surface area (Å²) in [5.41, 5.74) is 0.592. The first-order valence-electron chi connectivity index (χ1n) is 4.37. The number of aliphatic hydroxyl groups excluding tert-OH is 1. The van der Waals surface area contributed by atoms with Gasteiger partial charge in [0.05, 0.1) is 0 Å². The second-order valence-corrected chi connectivity index (χ2v) is 2.85. The van der Waals surface area contributed by atoms with Crippen molar-refractivity contribution in [2.45, 2.75) is 6.10 Å². The molecule has 0 aliphatic carbocycles. The summed E-state index contributed by atoms with van der Waals surface area (Å²) in [6, 6.07) is 8.80. The average molecular weight is 191 g/mol. The second-order valence-electron chi connectivity index (χ2n) is 2.85. The van der Waals surface area contributed by atoms with Crippen LogP contribution in [0.5, 0.6) is 0 Å². The molecule has 14 heavy (non-hydrogen) atoms. The maximum atomic E-state index is 11.3. The summed E-state index contributed by atoms with van der Waals surface area (Å²) in [6.07, 6.45) is 0.464. The van der Waals surface area contributed by atoms with Gasteiger partial charge in [0.15, 0.2) is 6.10 Å². The van der Waals surface area contributed by atoms with Crippen LogP contribution in [0.2, 0.25) is 0 Å². The van der Waals surface area contributed by atoms with Gasteiger partial charge < -0.3 is 10.4 Å². The summed E-state index contributed by atoms with van der Waals surface area (Å²) in [7, 11) is 0. The fourth-order valence-electron chi connectivity index (χ4n) is 1.06. The third kappa shape index (κ3) is 2.71. The van der Waals surface area contributed by atoms with E-state index in [9.17, 15) is 9.90 Å². The van der Waals surface area contributed by atoms with Crippen molar-refractivity contribution in [1.29, 1.82) is 0 Å². The third-order valence-electron chi connectivity index (χ3n) is 1.78. The summed E-state index contributed by atoms with van der Waals surface area (Å²) in [6.45, 7) is 3.83. The van der Waals surface area contributed by atoms with Gasteiger partial charge >= 0.3 is 0 Å². The summed E-state index contributed by atoms with van der Waals surface area (Å²) < 4.78 is 0. The van der Waals surface area contributed by atoms with E-state index in [4.69, 9.17) is 0 Å². The molecule has 0 aliphatic heterocycles. The first kappa shape index (κ1) is 10.5. The summed E-state index contributed by atoms with van der Waals surface area (Å²) in [5, 5.41) is 12.1. The first-order valence-corrected chi connectivity index (χ1v) is 4.37. The van der Waals surface area contributed by atoms with Gasteiger partial charge in [-0.05, 0) is 5.56 Å². The first-order chi connectivity index (χ1) is 6.75. The molecule has 0 spiro atoms. The number of aliphatic hydroxyl groups is 1. The topological polar surface area (TPSA) is 49.3 Å². The molecule has 0 aromatic heterocycles. The van der Waals surface area contributed by atoms with Crippen molar-refractivity contribution >= 4 is 5.91 Å². The van der Waals surface area contributed by atoms with Crippen molar-refractivity contribution in [2.75, 3.05) is 6.54 Å². The van der Waals surface area contributed by atoms with Crippen LogP contribution in [0.4, 0.5) is 0 Å². The van der Waals surface area contributed by atoms with Crippen LogP contribution in [-0.2, 0) is 4.79 Å². The van der Waals surface area contributed by atoms with E-state index in [1.54, 1.807) is 30.3 Å². The summed E-state index contributed by atoms with van der Waals surface area (Å²) >= 11 is 0. The van der Waals surface area contributed by atoms with Crippen molar-refractivity contribution in [3.8, 4) is 0 Å². The van der Waals surface area contributed by atoms with Crippen molar-refractivity contribution in [3.63, 3.8) is 0 Å². The molecule has 0 aliphatic rings. The van der Waals surface area contributed by atoms with Gasteiger partial charge in [-0.15, -0.1) is 6.58 Å². The molecule has 0 heterocycles. The van der Waals surface area contributed by atoms with Gasteiger partial charge in [0.1, 0.15) is 0 Å². The zero-order chi connectivity index (χ0) is 10.4. The zero-order valence-corrected chi connectivity index (χ0v) is 7.81. The number of hydrogen-bond acceptors (Lipinski definition) is 2. The standard InChI is InChI=1S/C11H13NO2/c1-2-8-12-11(14)10(13)9-6-4-3-5-7-9/h2-7,10,13H,1,8H2,(H,12,14)/t10-/m0/s1. The lowest BCUT2D eigenvalue weighted by atomic mass is 10.1. The molecule has 2 N–H and O–H groups in total. The Morgan fingerprint density at radius 1 is 1.50 bits per heavy atom. The minimum Gasteiger partial charge on any atom is -0.378 e. The number of carbonyl (C=O) groups excluding carboxylic acids is 1. The third-order valence-corrected chi connectivity index (χ3v) is 1.78. The molecule has 0 saturated carbocycles.